The molecule has 2 aliphatic rings. The standard InChI is InChI=1S/C16H28N2O2/c1-13(19)18(15-9-3-2-4-10-15)12-11-16(20)17-14-7-5-6-8-14/h14-15H,2-12H2,1H3,(H,17,20). The Labute approximate surface area is 122 Å². The van der Waals surface area contributed by atoms with Crippen LogP contribution in [0.3, 0.4) is 0 Å². The first-order valence-corrected chi connectivity index (χ1v) is 8.23. The molecule has 0 unspecified atom stereocenters. The van der Waals surface area contributed by atoms with Gasteiger partial charge in [-0.05, 0) is 25.7 Å². The summed E-state index contributed by atoms with van der Waals surface area (Å²) in [5, 5.41) is 3.10. The molecule has 20 heavy (non-hydrogen) atoms. The number of hydrogen-bond acceptors (Lipinski definition) is 2. The van der Waals surface area contributed by atoms with Crippen molar-refractivity contribution in [3.8, 4) is 0 Å². The minimum absolute atomic E-state index is 0.110. The molecule has 0 spiro atoms. The predicted octanol–water partition coefficient (Wildman–Crippen LogP) is 2.62. The molecule has 2 fully saturated rings. The molecule has 0 atom stereocenters. The summed E-state index contributed by atoms with van der Waals surface area (Å²) in [5.74, 6) is 0.226. The van der Waals surface area contributed by atoms with Crippen LogP contribution in [-0.4, -0.2) is 35.3 Å². The quantitative estimate of drug-likeness (QED) is 0.841. The fraction of sp³-hybridized carbons (Fsp3) is 0.875. The van der Waals surface area contributed by atoms with Crippen molar-refractivity contribution >= 4 is 11.8 Å². The average molecular weight is 280 g/mol. The molecule has 2 saturated carbocycles. The van der Waals surface area contributed by atoms with E-state index in [1.807, 2.05) is 4.90 Å². The molecule has 114 valence electrons. The van der Waals surface area contributed by atoms with Gasteiger partial charge < -0.3 is 10.2 Å². The van der Waals surface area contributed by atoms with E-state index in [-0.39, 0.29) is 11.8 Å². The van der Waals surface area contributed by atoms with Crippen molar-refractivity contribution in [3.05, 3.63) is 0 Å². The lowest BCUT2D eigenvalue weighted by Gasteiger charge is -2.33. The third kappa shape index (κ3) is 4.50. The molecule has 2 aliphatic carbocycles. The zero-order valence-electron chi connectivity index (χ0n) is 12.7. The molecule has 0 heterocycles. The van der Waals surface area contributed by atoms with Gasteiger partial charge in [0.2, 0.25) is 11.8 Å². The van der Waals surface area contributed by atoms with Gasteiger partial charge in [-0.3, -0.25) is 9.59 Å². The van der Waals surface area contributed by atoms with Crippen LogP contribution in [0.15, 0.2) is 0 Å². The van der Waals surface area contributed by atoms with Gasteiger partial charge in [0, 0.05) is 32.0 Å². The van der Waals surface area contributed by atoms with Crippen molar-refractivity contribution in [1.29, 1.82) is 0 Å². The molecule has 2 amide bonds. The molecule has 0 aliphatic heterocycles. The first-order valence-electron chi connectivity index (χ1n) is 8.23. The molecule has 0 saturated heterocycles. The summed E-state index contributed by atoms with van der Waals surface area (Å²) in [7, 11) is 0. The molecule has 1 N–H and O–H groups in total. The fourth-order valence-electron chi connectivity index (χ4n) is 3.58. The van der Waals surface area contributed by atoms with Crippen LogP contribution in [0.4, 0.5) is 0 Å². The SMILES string of the molecule is CC(=O)N(CCC(=O)NC1CCCC1)C1CCCCC1. The zero-order chi connectivity index (χ0) is 14.4. The molecule has 4 heteroatoms. The van der Waals surface area contributed by atoms with Gasteiger partial charge in [0.15, 0.2) is 0 Å². The Morgan fingerprint density at radius 1 is 1.00 bits per heavy atom. The van der Waals surface area contributed by atoms with Crippen molar-refractivity contribution in [2.24, 2.45) is 0 Å². The van der Waals surface area contributed by atoms with Crippen LogP contribution in [0, 0.1) is 0 Å². The van der Waals surface area contributed by atoms with Gasteiger partial charge >= 0.3 is 0 Å². The molecule has 0 aromatic carbocycles. The van der Waals surface area contributed by atoms with Crippen molar-refractivity contribution in [2.75, 3.05) is 6.54 Å². The second-order valence-electron chi connectivity index (χ2n) is 6.30. The molecular weight excluding hydrogens is 252 g/mol. The fourth-order valence-corrected chi connectivity index (χ4v) is 3.58. The number of nitrogens with one attached hydrogen (secondary N) is 1. The summed E-state index contributed by atoms with van der Waals surface area (Å²) < 4.78 is 0. The van der Waals surface area contributed by atoms with Crippen LogP contribution in [0.25, 0.3) is 0 Å². The summed E-state index contributed by atoms with van der Waals surface area (Å²) in [5.41, 5.74) is 0. The highest BCUT2D eigenvalue weighted by atomic mass is 16.2. The van der Waals surface area contributed by atoms with Crippen molar-refractivity contribution in [2.45, 2.75) is 83.2 Å². The molecule has 0 bridgehead atoms. The number of carbonyl (C=O) groups excluding carboxylic acids is 2. The maximum Gasteiger partial charge on any atom is 0.221 e. The first kappa shape index (κ1) is 15.3. The van der Waals surface area contributed by atoms with Crippen LogP contribution >= 0.6 is 0 Å². The van der Waals surface area contributed by atoms with Gasteiger partial charge in [0.1, 0.15) is 0 Å². The minimum atomic E-state index is 0.110. The smallest absolute Gasteiger partial charge is 0.221 e. The normalized spacial score (nSPS) is 20.9. The number of rotatable bonds is 5. The summed E-state index contributed by atoms with van der Waals surface area (Å²) in [4.78, 5) is 25.7. The molecule has 0 aromatic heterocycles. The Morgan fingerprint density at radius 2 is 1.60 bits per heavy atom. The van der Waals surface area contributed by atoms with Gasteiger partial charge in [-0.1, -0.05) is 32.1 Å². The molecule has 4 nitrogen and oxygen atoms in total. The third-order valence-corrected chi connectivity index (χ3v) is 4.72. The largest absolute Gasteiger partial charge is 0.353 e. The average Bonchev–Trinajstić information content (AvgIpc) is 2.92. The van der Waals surface area contributed by atoms with E-state index in [0.717, 1.165) is 25.7 Å². The molecule has 0 aromatic rings. The Bertz CT molecular complexity index is 331. The van der Waals surface area contributed by atoms with E-state index >= 15 is 0 Å². The van der Waals surface area contributed by atoms with Gasteiger partial charge in [-0.15, -0.1) is 0 Å². The minimum Gasteiger partial charge on any atom is -0.353 e. The van der Waals surface area contributed by atoms with E-state index < -0.39 is 0 Å². The second kappa shape index (κ2) is 7.65. The summed E-state index contributed by atoms with van der Waals surface area (Å²) >= 11 is 0. The lowest BCUT2D eigenvalue weighted by molar-refractivity contribution is -0.132. The van der Waals surface area contributed by atoms with E-state index in [1.54, 1.807) is 6.92 Å². The Hall–Kier alpha value is -1.06. The topological polar surface area (TPSA) is 49.4 Å². The number of hydrogen-bond donors (Lipinski definition) is 1. The predicted molar refractivity (Wildman–Crippen MR) is 79.3 cm³/mol. The molecule has 2 rings (SSSR count). The third-order valence-electron chi connectivity index (χ3n) is 4.72. The van der Waals surface area contributed by atoms with Gasteiger partial charge in [0.05, 0.1) is 0 Å². The van der Waals surface area contributed by atoms with E-state index in [2.05, 4.69) is 5.32 Å². The van der Waals surface area contributed by atoms with E-state index in [0.29, 0.717) is 25.0 Å². The van der Waals surface area contributed by atoms with Gasteiger partial charge in [-0.25, -0.2) is 0 Å². The van der Waals surface area contributed by atoms with Crippen LogP contribution in [-0.2, 0) is 9.59 Å². The second-order valence-corrected chi connectivity index (χ2v) is 6.30. The summed E-state index contributed by atoms with van der Waals surface area (Å²) in [6.07, 6.45) is 11.0. The monoisotopic (exact) mass is 280 g/mol. The van der Waals surface area contributed by atoms with Crippen molar-refractivity contribution < 1.29 is 9.59 Å². The Kier molecular flexibility index (Phi) is 5.86. The lowest BCUT2D eigenvalue weighted by atomic mass is 9.94. The lowest BCUT2D eigenvalue weighted by Crippen LogP contribution is -2.43. The van der Waals surface area contributed by atoms with E-state index in [9.17, 15) is 9.59 Å². The Balaban J connectivity index is 1.75. The van der Waals surface area contributed by atoms with Crippen LogP contribution in [0.5, 0.6) is 0 Å². The highest BCUT2D eigenvalue weighted by molar-refractivity contribution is 5.78. The van der Waals surface area contributed by atoms with Crippen molar-refractivity contribution in [1.82, 2.24) is 10.2 Å². The highest BCUT2D eigenvalue weighted by Crippen LogP contribution is 2.23. The van der Waals surface area contributed by atoms with Crippen LogP contribution in [0.2, 0.25) is 0 Å². The van der Waals surface area contributed by atoms with E-state index in [1.165, 1.54) is 32.1 Å². The number of nitrogens with zero attached hydrogens (tertiary/aromatic N) is 1. The van der Waals surface area contributed by atoms with Gasteiger partial charge in [0.25, 0.3) is 0 Å². The van der Waals surface area contributed by atoms with Crippen LogP contribution < -0.4 is 5.32 Å². The molecule has 0 radical (unpaired) electrons. The van der Waals surface area contributed by atoms with Gasteiger partial charge in [-0.2, -0.15) is 0 Å². The molecular formula is C16H28N2O2. The zero-order valence-corrected chi connectivity index (χ0v) is 12.7. The summed E-state index contributed by atoms with van der Waals surface area (Å²) in [6.45, 7) is 2.21. The first-order chi connectivity index (χ1) is 9.66. The van der Waals surface area contributed by atoms with E-state index in [4.69, 9.17) is 0 Å². The summed E-state index contributed by atoms with van der Waals surface area (Å²) in [6, 6.07) is 0.739. The van der Waals surface area contributed by atoms with Crippen LogP contribution in [0.1, 0.15) is 71.1 Å². The number of carbonyl (C=O) groups is 2. The highest BCUT2D eigenvalue weighted by Gasteiger charge is 2.24. The maximum atomic E-state index is 12.0. The van der Waals surface area contributed by atoms with Crippen molar-refractivity contribution in [3.63, 3.8) is 0 Å². The Morgan fingerprint density at radius 3 is 2.20 bits per heavy atom. The maximum absolute atomic E-state index is 12.0. The number of amides is 2.